The molecule has 0 saturated heterocycles. The van der Waals surface area contributed by atoms with Gasteiger partial charge in [-0.1, -0.05) is 272 Å². The average Bonchev–Trinajstić information content (AvgIpc) is 1.50. The van der Waals surface area contributed by atoms with Gasteiger partial charge in [0.15, 0.2) is 0 Å². The number of para-hydroxylation sites is 5. The summed E-state index contributed by atoms with van der Waals surface area (Å²) in [4.78, 5) is 15.8. The molecule has 12 heteroatoms. The van der Waals surface area contributed by atoms with Crippen LogP contribution in [-0.4, -0.2) is 43.3 Å². The van der Waals surface area contributed by atoms with Crippen molar-refractivity contribution in [3.05, 3.63) is 419 Å². The van der Waals surface area contributed by atoms with E-state index in [0.717, 1.165) is 61.1 Å². The first-order valence-electron chi connectivity index (χ1n) is 39.3. The van der Waals surface area contributed by atoms with Crippen molar-refractivity contribution in [1.82, 2.24) is 28.2 Å². The van der Waals surface area contributed by atoms with Gasteiger partial charge in [-0.05, 0) is 83.9 Å². The quantitative estimate of drug-likeness (QED) is 0.0819. The van der Waals surface area contributed by atoms with Crippen LogP contribution in [0.4, 0.5) is 0 Å². The Balaban J connectivity index is 0.000000106. The molecule has 24 rings (SSSR count). The monoisotopic (exact) mass is 1650 g/mol. The zero-order chi connectivity index (χ0) is 77.9. The van der Waals surface area contributed by atoms with Gasteiger partial charge in [-0.25, -0.2) is 9.97 Å². The molecular formula is C105H69N6P3S2Se. The Morgan fingerprint density at radius 1 is 0.214 bits per heavy atom. The van der Waals surface area contributed by atoms with Gasteiger partial charge in [-0.15, -0.1) is 0 Å². The summed E-state index contributed by atoms with van der Waals surface area (Å²) in [5, 5.41) is 29.3. The van der Waals surface area contributed by atoms with Gasteiger partial charge >= 0.3 is 235 Å². The third kappa shape index (κ3) is 11.3. The number of benzene rings is 18. The van der Waals surface area contributed by atoms with E-state index in [1.807, 2.05) is 0 Å². The molecule has 0 saturated carbocycles. The summed E-state index contributed by atoms with van der Waals surface area (Å²) in [7, 11) is 0. The average molecular weight is 1650 g/mol. The molecule has 552 valence electrons. The first kappa shape index (κ1) is 71.0. The van der Waals surface area contributed by atoms with Crippen molar-refractivity contribution < 1.29 is 0 Å². The van der Waals surface area contributed by atoms with Crippen LogP contribution in [-0.2, 0) is 23.6 Å². The van der Waals surface area contributed by atoms with E-state index in [1.54, 1.807) is 0 Å². The molecule has 0 N–H and O–H groups in total. The summed E-state index contributed by atoms with van der Waals surface area (Å²) >= 11 is 17.4. The van der Waals surface area contributed by atoms with Gasteiger partial charge < -0.3 is 0 Å². The Bertz CT molecular complexity index is 8180. The Morgan fingerprint density at radius 2 is 0.547 bits per heavy atom. The topological polar surface area (TPSA) is 51.9 Å². The Morgan fingerprint density at radius 3 is 1.04 bits per heavy atom. The number of hydrogen-bond acceptors (Lipinski definition) is 5. The molecule has 6 nitrogen and oxygen atoms in total. The number of rotatable bonds is 9. The van der Waals surface area contributed by atoms with Gasteiger partial charge in [0.05, 0.1) is 33.1 Å². The van der Waals surface area contributed by atoms with E-state index in [4.69, 9.17) is 38.6 Å². The SMILES string of the molecule is S=P(c1ccccc1)(c1ccccc1)c1cccc2c1c1ccc3ccccc3c1c1nc3ccccc3n21.S=P(c1ccccc1)(c1ccccc1)c1cccc2nc3c4c5ccccc5ccc4c4ccccc4n3c12.[Se]=P(c1ccccc1)(c1ccccc1)c1ccc2nc3c4c5ccccc5ccc4c4ccccc4n3c2c1. The second-order valence-electron chi connectivity index (χ2n) is 29.8. The fourth-order valence-corrected chi connectivity index (χ4v) is 31.2. The molecule has 24 aromatic rings. The van der Waals surface area contributed by atoms with Gasteiger partial charge in [-0.2, -0.15) is 0 Å². The third-order valence-electron chi connectivity index (χ3n) is 23.5. The first-order valence-corrected chi connectivity index (χ1v) is 48.9. The van der Waals surface area contributed by atoms with Crippen LogP contribution >= 0.6 is 17.6 Å². The molecule has 6 heterocycles. The molecule has 117 heavy (non-hydrogen) atoms. The number of hydrogen-bond donors (Lipinski definition) is 0. The number of imidazole rings is 3. The summed E-state index contributed by atoms with van der Waals surface area (Å²) in [5.74, 6) is 0. The molecule has 0 aliphatic rings. The fourth-order valence-electron chi connectivity index (χ4n) is 18.2. The van der Waals surface area contributed by atoms with Crippen LogP contribution < -0.4 is 47.7 Å². The molecular weight excluding hydrogens is 1580 g/mol. The predicted molar refractivity (Wildman–Crippen MR) is 512 cm³/mol. The predicted octanol–water partition coefficient (Wildman–Crippen LogP) is 22.7. The molecule has 0 aliphatic heterocycles. The molecule has 0 spiro atoms. The first-order chi connectivity index (χ1) is 57.7. The second kappa shape index (κ2) is 28.7. The van der Waals surface area contributed by atoms with Crippen LogP contribution in [0.3, 0.4) is 0 Å². The molecule has 0 amide bonds. The summed E-state index contributed by atoms with van der Waals surface area (Å²) in [6.45, 7) is 0. The molecule has 0 fully saturated rings. The summed E-state index contributed by atoms with van der Waals surface area (Å²) in [6.07, 6.45) is 0. The maximum absolute atomic E-state index is 6.87. The second-order valence-corrected chi connectivity index (χ2v) is 44.8. The van der Waals surface area contributed by atoms with Crippen molar-refractivity contribution in [2.45, 2.75) is 0 Å². The fraction of sp³-hybridized carbons (Fsp3) is 0. The minimum atomic E-state index is -2.41. The van der Waals surface area contributed by atoms with E-state index in [-0.39, 0.29) is 0 Å². The molecule has 18 aromatic carbocycles. The van der Waals surface area contributed by atoms with E-state index in [9.17, 15) is 0 Å². The normalized spacial score (nSPS) is 12.2. The number of aromatic nitrogens is 6. The van der Waals surface area contributed by atoms with Crippen LogP contribution in [0.2, 0.25) is 0 Å². The van der Waals surface area contributed by atoms with Crippen LogP contribution in [0.1, 0.15) is 0 Å². The van der Waals surface area contributed by atoms with E-state index < -0.39 is 17.6 Å². The molecule has 0 aliphatic carbocycles. The van der Waals surface area contributed by atoms with Crippen molar-refractivity contribution in [3.8, 4) is 0 Å². The van der Waals surface area contributed by atoms with Crippen molar-refractivity contribution >= 4 is 251 Å². The van der Waals surface area contributed by atoms with Crippen LogP contribution in [0, 0.1) is 0 Å². The number of nitrogens with zero attached hydrogens (tertiary/aromatic N) is 6. The summed E-state index contributed by atoms with van der Waals surface area (Å²) in [5.41, 5.74) is 10.8. The van der Waals surface area contributed by atoms with Crippen molar-refractivity contribution in [2.24, 2.45) is 0 Å². The number of fused-ring (bicyclic) bond motifs is 30. The summed E-state index contributed by atoms with van der Waals surface area (Å²) < 4.78 is 7.10. The molecule has 0 radical (unpaired) electrons. The van der Waals surface area contributed by atoms with E-state index in [2.05, 4.69) is 447 Å². The number of pyridine rings is 3. The van der Waals surface area contributed by atoms with Gasteiger partial charge in [0.1, 0.15) is 11.3 Å². The zero-order valence-electron chi connectivity index (χ0n) is 63.1. The van der Waals surface area contributed by atoms with Crippen LogP contribution in [0.25, 0.3) is 147 Å². The molecule has 6 aromatic heterocycles. The summed E-state index contributed by atoms with van der Waals surface area (Å²) in [6, 6.07) is 145. The Labute approximate surface area is 692 Å². The van der Waals surface area contributed by atoms with Crippen molar-refractivity contribution in [2.75, 3.05) is 0 Å². The van der Waals surface area contributed by atoms with Gasteiger partial charge in [0.25, 0.3) is 0 Å². The van der Waals surface area contributed by atoms with Crippen molar-refractivity contribution in [3.63, 3.8) is 0 Å². The van der Waals surface area contributed by atoms with E-state index >= 15 is 0 Å². The minimum absolute atomic E-state index is 0.971. The van der Waals surface area contributed by atoms with Gasteiger partial charge in [0, 0.05) is 44.2 Å². The zero-order valence-corrected chi connectivity index (χ0v) is 69.1. The van der Waals surface area contributed by atoms with Gasteiger partial charge in [-0.3, -0.25) is 8.80 Å². The molecule has 0 unspecified atom stereocenters. The molecule has 0 bridgehead atoms. The van der Waals surface area contributed by atoms with E-state index in [0.29, 0.717) is 0 Å². The van der Waals surface area contributed by atoms with Crippen LogP contribution in [0.5, 0.6) is 0 Å². The maximum atomic E-state index is 6.87. The van der Waals surface area contributed by atoms with Crippen molar-refractivity contribution in [1.29, 1.82) is 0 Å². The molecule has 0 atom stereocenters. The van der Waals surface area contributed by atoms with Gasteiger partial charge in [0.2, 0.25) is 0 Å². The standard InChI is InChI=1S/2C35H23N2PS.C35H23N2PSe/c39-38(25-13-3-1-4-14-25,26-15-5-2-6-16-26)32-21-11-19-30-34(32)37-31-20-10-9-18-28(31)29-23-22-24-12-7-8-17-27(24)33(29)35(37)36-30;39-38(25-13-3-1-4-14-25,26-15-5-2-6-16-26)32-21-11-20-31-34(32)28-23-22-24-12-7-8-17-27(24)33(28)35-36-29-18-9-10-19-30(29)37(31)35;39-38(25-12-3-1-4-13-25,26-14-5-2-6-15-26)27-20-22-31-33(23-27)37-32-18-10-9-17-29(32)30-21-19-24-11-7-8-16-28(24)34(30)35(37)36-31/h3*1-23H. The third-order valence-corrected chi connectivity index (χ3v) is 40.4. The Kier molecular flexibility index (Phi) is 17.4. The Hall–Kier alpha value is -12.6. The van der Waals surface area contributed by atoms with Crippen LogP contribution in [0.15, 0.2) is 419 Å². The van der Waals surface area contributed by atoms with E-state index in [1.165, 1.54) is 134 Å².